The molecule has 0 aliphatic heterocycles. The maximum Gasteiger partial charge on any atom is 0.0948 e. The fourth-order valence-electron chi connectivity index (χ4n) is 2.23. The summed E-state index contributed by atoms with van der Waals surface area (Å²) >= 11 is 0. The second-order valence-electron chi connectivity index (χ2n) is 8.39. The Labute approximate surface area is 152 Å². The third kappa shape index (κ3) is 10.4. The maximum absolute atomic E-state index is 10.3. The van der Waals surface area contributed by atoms with Gasteiger partial charge in [0.25, 0.3) is 0 Å². The van der Waals surface area contributed by atoms with Crippen LogP contribution >= 0.6 is 0 Å². The van der Waals surface area contributed by atoms with Crippen molar-refractivity contribution in [3.05, 3.63) is 30.3 Å². The molecule has 25 heavy (non-hydrogen) atoms. The van der Waals surface area contributed by atoms with E-state index in [1.165, 1.54) is 0 Å². The molecular weight excluding hydrogens is 318 g/mol. The quantitative estimate of drug-likeness (QED) is 0.715. The Morgan fingerprint density at radius 1 is 0.800 bits per heavy atom. The second kappa shape index (κ2) is 9.53. The molecule has 2 N–H and O–H groups in total. The number of para-hydroxylation sites is 1. The van der Waals surface area contributed by atoms with Gasteiger partial charge in [-0.1, -0.05) is 18.2 Å². The van der Waals surface area contributed by atoms with Crippen molar-refractivity contribution in [1.29, 1.82) is 0 Å². The lowest BCUT2D eigenvalue weighted by Crippen LogP contribution is -2.42. The van der Waals surface area contributed by atoms with Crippen LogP contribution in [0.25, 0.3) is 0 Å². The minimum absolute atomic E-state index is 0.251. The van der Waals surface area contributed by atoms with Gasteiger partial charge in [-0.2, -0.15) is 0 Å². The summed E-state index contributed by atoms with van der Waals surface area (Å²) in [6, 6.07) is 9.76. The van der Waals surface area contributed by atoms with Crippen LogP contribution < -0.4 is 4.90 Å². The van der Waals surface area contributed by atoms with Gasteiger partial charge in [0, 0.05) is 18.8 Å². The average molecular weight is 354 g/mol. The van der Waals surface area contributed by atoms with Gasteiger partial charge in [0.05, 0.1) is 36.6 Å². The Balaban J connectivity index is 2.67. The highest BCUT2D eigenvalue weighted by Gasteiger charge is 2.20. The van der Waals surface area contributed by atoms with Gasteiger partial charge in [-0.25, -0.2) is 0 Å². The van der Waals surface area contributed by atoms with Gasteiger partial charge in [0.2, 0.25) is 0 Å². The standard InChI is InChI=1S/C20H35NO4/c1-19(2,3)24-14-17(22)12-21(16-10-8-7-9-11-16)13-18(23)15-25-20(4,5)6/h7-11,17-18,22-23H,12-15H2,1-6H3. The first-order valence-electron chi connectivity index (χ1n) is 8.90. The van der Waals surface area contributed by atoms with E-state index in [1.807, 2.05) is 76.8 Å². The van der Waals surface area contributed by atoms with Gasteiger partial charge >= 0.3 is 0 Å². The van der Waals surface area contributed by atoms with Crippen molar-refractivity contribution in [2.75, 3.05) is 31.2 Å². The third-order valence-electron chi connectivity index (χ3n) is 3.40. The van der Waals surface area contributed by atoms with E-state index in [-0.39, 0.29) is 24.4 Å². The Hall–Kier alpha value is -1.14. The van der Waals surface area contributed by atoms with E-state index in [1.54, 1.807) is 0 Å². The third-order valence-corrected chi connectivity index (χ3v) is 3.40. The molecule has 2 unspecified atom stereocenters. The predicted molar refractivity (Wildman–Crippen MR) is 102 cm³/mol. The molecule has 2 atom stereocenters. The molecule has 0 aliphatic carbocycles. The van der Waals surface area contributed by atoms with Crippen LogP contribution in [0.5, 0.6) is 0 Å². The summed E-state index contributed by atoms with van der Waals surface area (Å²) in [6.45, 7) is 13.0. The SMILES string of the molecule is CC(C)(C)OCC(O)CN(CC(O)COC(C)(C)C)c1ccccc1. The number of ether oxygens (including phenoxy) is 2. The van der Waals surface area contributed by atoms with E-state index in [0.29, 0.717) is 13.1 Å². The molecule has 0 saturated heterocycles. The Bertz CT molecular complexity index is 453. The number of hydrogen-bond acceptors (Lipinski definition) is 5. The molecule has 0 fully saturated rings. The smallest absolute Gasteiger partial charge is 0.0948 e. The van der Waals surface area contributed by atoms with Crippen LogP contribution in [-0.4, -0.2) is 59.9 Å². The predicted octanol–water partition coefficient (Wildman–Crippen LogP) is 2.85. The molecule has 5 nitrogen and oxygen atoms in total. The van der Waals surface area contributed by atoms with Gasteiger partial charge < -0.3 is 24.6 Å². The zero-order valence-corrected chi connectivity index (χ0v) is 16.5. The van der Waals surface area contributed by atoms with Crippen molar-refractivity contribution in [2.24, 2.45) is 0 Å². The van der Waals surface area contributed by atoms with Crippen LogP contribution in [0.4, 0.5) is 5.69 Å². The highest BCUT2D eigenvalue weighted by Crippen LogP contribution is 2.16. The van der Waals surface area contributed by atoms with E-state index < -0.39 is 12.2 Å². The molecule has 0 saturated carbocycles. The molecule has 0 heterocycles. The van der Waals surface area contributed by atoms with Gasteiger partial charge in [-0.15, -0.1) is 0 Å². The van der Waals surface area contributed by atoms with Crippen LogP contribution in [0.15, 0.2) is 30.3 Å². The fourth-order valence-corrected chi connectivity index (χ4v) is 2.23. The van der Waals surface area contributed by atoms with Gasteiger partial charge in [-0.05, 0) is 53.7 Å². The number of aliphatic hydroxyl groups is 2. The van der Waals surface area contributed by atoms with Crippen molar-refractivity contribution >= 4 is 5.69 Å². The lowest BCUT2D eigenvalue weighted by atomic mass is 10.2. The molecule has 0 bridgehead atoms. The fraction of sp³-hybridized carbons (Fsp3) is 0.700. The van der Waals surface area contributed by atoms with Crippen molar-refractivity contribution in [3.63, 3.8) is 0 Å². The molecule has 0 aromatic heterocycles. The Morgan fingerprint density at radius 2 is 1.20 bits per heavy atom. The van der Waals surface area contributed by atoms with E-state index >= 15 is 0 Å². The zero-order chi connectivity index (χ0) is 19.1. The van der Waals surface area contributed by atoms with Crippen LogP contribution in [0.2, 0.25) is 0 Å². The van der Waals surface area contributed by atoms with Gasteiger partial charge in [-0.3, -0.25) is 0 Å². The number of nitrogens with zero attached hydrogens (tertiary/aromatic N) is 1. The zero-order valence-electron chi connectivity index (χ0n) is 16.5. The molecule has 0 aliphatic rings. The van der Waals surface area contributed by atoms with Crippen LogP contribution in [0.1, 0.15) is 41.5 Å². The van der Waals surface area contributed by atoms with Gasteiger partial charge in [0.15, 0.2) is 0 Å². The maximum atomic E-state index is 10.3. The summed E-state index contributed by atoms with van der Waals surface area (Å²) in [7, 11) is 0. The second-order valence-corrected chi connectivity index (χ2v) is 8.39. The highest BCUT2D eigenvalue weighted by molar-refractivity contribution is 5.46. The van der Waals surface area contributed by atoms with Crippen LogP contribution in [0.3, 0.4) is 0 Å². The normalized spacial score (nSPS) is 15.0. The van der Waals surface area contributed by atoms with E-state index in [0.717, 1.165) is 5.69 Å². The molecule has 5 heteroatoms. The average Bonchev–Trinajstić information content (AvgIpc) is 2.50. The molecular formula is C20H35NO4. The molecule has 144 valence electrons. The topological polar surface area (TPSA) is 62.2 Å². The first-order valence-corrected chi connectivity index (χ1v) is 8.90. The molecule has 0 radical (unpaired) electrons. The Morgan fingerprint density at radius 3 is 1.56 bits per heavy atom. The van der Waals surface area contributed by atoms with Crippen LogP contribution in [0, 0.1) is 0 Å². The number of anilines is 1. The molecule has 1 aromatic carbocycles. The number of rotatable bonds is 9. The molecule has 0 amide bonds. The lowest BCUT2D eigenvalue weighted by Gasteiger charge is -2.31. The summed E-state index contributed by atoms with van der Waals surface area (Å²) in [6.07, 6.45) is -1.29. The van der Waals surface area contributed by atoms with E-state index in [2.05, 4.69) is 0 Å². The summed E-state index contributed by atoms with van der Waals surface area (Å²) in [5.41, 5.74) is 0.365. The number of hydrogen-bond donors (Lipinski definition) is 2. The van der Waals surface area contributed by atoms with Crippen molar-refractivity contribution in [2.45, 2.75) is 65.0 Å². The summed E-state index contributed by atoms with van der Waals surface area (Å²) in [5.74, 6) is 0. The van der Waals surface area contributed by atoms with Crippen molar-refractivity contribution in [1.82, 2.24) is 0 Å². The molecule has 0 spiro atoms. The van der Waals surface area contributed by atoms with E-state index in [4.69, 9.17) is 9.47 Å². The lowest BCUT2D eigenvalue weighted by molar-refractivity contribution is -0.0515. The molecule has 1 aromatic rings. The van der Waals surface area contributed by atoms with Crippen LogP contribution in [-0.2, 0) is 9.47 Å². The molecule has 1 rings (SSSR count). The van der Waals surface area contributed by atoms with Crippen molar-refractivity contribution < 1.29 is 19.7 Å². The summed E-state index contributed by atoms with van der Waals surface area (Å²) < 4.78 is 11.3. The van der Waals surface area contributed by atoms with Gasteiger partial charge in [0.1, 0.15) is 0 Å². The minimum Gasteiger partial charge on any atom is -0.389 e. The first kappa shape index (κ1) is 21.9. The summed E-state index contributed by atoms with van der Waals surface area (Å²) in [4.78, 5) is 1.97. The van der Waals surface area contributed by atoms with Crippen molar-refractivity contribution in [3.8, 4) is 0 Å². The largest absolute Gasteiger partial charge is 0.389 e. The summed E-state index contributed by atoms with van der Waals surface area (Å²) in [5, 5.41) is 20.7. The van der Waals surface area contributed by atoms with E-state index in [9.17, 15) is 10.2 Å². The first-order chi connectivity index (χ1) is 11.5. The number of benzene rings is 1. The minimum atomic E-state index is -0.643. The number of aliphatic hydroxyl groups excluding tert-OH is 2. The Kier molecular flexibility index (Phi) is 8.35. The highest BCUT2D eigenvalue weighted by atomic mass is 16.5. The monoisotopic (exact) mass is 353 g/mol.